The number of halogens is 1. The molecule has 2 aromatic heterocycles. The van der Waals surface area contributed by atoms with Gasteiger partial charge in [-0.2, -0.15) is 0 Å². The van der Waals surface area contributed by atoms with Gasteiger partial charge in [0.25, 0.3) is 0 Å². The van der Waals surface area contributed by atoms with Crippen molar-refractivity contribution in [3.8, 4) is 0 Å². The van der Waals surface area contributed by atoms with E-state index < -0.39 is 5.97 Å². The molecule has 26 heavy (non-hydrogen) atoms. The molecule has 8 heteroatoms. The lowest BCUT2D eigenvalue weighted by molar-refractivity contribution is -0.129. The zero-order valence-corrected chi connectivity index (χ0v) is 16.2. The summed E-state index contributed by atoms with van der Waals surface area (Å²) >= 11 is 1.32. The van der Waals surface area contributed by atoms with Crippen LogP contribution in [-0.4, -0.2) is 53.0 Å². The molecule has 1 aliphatic rings. The molecule has 1 N–H and O–H groups in total. The summed E-state index contributed by atoms with van der Waals surface area (Å²) in [7, 11) is 0. The van der Waals surface area contributed by atoms with Crippen molar-refractivity contribution in [3.63, 3.8) is 0 Å². The molecule has 0 saturated carbocycles. The van der Waals surface area contributed by atoms with Gasteiger partial charge in [0.15, 0.2) is 0 Å². The van der Waals surface area contributed by atoms with E-state index in [2.05, 4.69) is 16.0 Å². The Hall–Kier alpha value is -2.12. The van der Waals surface area contributed by atoms with Gasteiger partial charge in [0.05, 0.1) is 11.9 Å². The first-order chi connectivity index (χ1) is 12.0. The van der Waals surface area contributed by atoms with Gasteiger partial charge in [-0.25, -0.2) is 4.79 Å². The number of hydrogen-bond donors (Lipinski definition) is 1. The largest absolute Gasteiger partial charge is 0.477 e. The fourth-order valence-corrected chi connectivity index (χ4v) is 3.76. The van der Waals surface area contributed by atoms with E-state index in [0.717, 1.165) is 55.3 Å². The van der Waals surface area contributed by atoms with E-state index in [1.54, 1.807) is 13.0 Å². The molecule has 0 bridgehead atoms. The summed E-state index contributed by atoms with van der Waals surface area (Å²) in [5.41, 5.74) is 2.08. The first-order valence-electron chi connectivity index (χ1n) is 8.30. The first kappa shape index (κ1) is 20.2. The summed E-state index contributed by atoms with van der Waals surface area (Å²) < 4.78 is 0. The van der Waals surface area contributed by atoms with Crippen LogP contribution >= 0.6 is 23.7 Å². The quantitative estimate of drug-likeness (QED) is 0.842. The number of rotatable bonds is 5. The Labute approximate surface area is 162 Å². The topological polar surface area (TPSA) is 73.7 Å². The summed E-state index contributed by atoms with van der Waals surface area (Å²) in [6, 6.07) is 7.62. The number of carbonyl (C=O) groups excluding carboxylic acids is 1. The number of pyridine rings is 1. The van der Waals surface area contributed by atoms with Crippen molar-refractivity contribution in [1.82, 2.24) is 9.88 Å². The van der Waals surface area contributed by atoms with Crippen molar-refractivity contribution in [2.75, 3.05) is 31.1 Å². The lowest BCUT2D eigenvalue weighted by Gasteiger charge is -2.35. The third kappa shape index (κ3) is 4.95. The number of carboxylic acid groups (broad SMARTS) is 1. The zero-order chi connectivity index (χ0) is 17.8. The van der Waals surface area contributed by atoms with Crippen LogP contribution in [0.25, 0.3) is 0 Å². The van der Waals surface area contributed by atoms with Crippen molar-refractivity contribution in [1.29, 1.82) is 0 Å². The number of thiophene rings is 1. The molecule has 1 fully saturated rings. The molecule has 1 aliphatic heterocycles. The smallest absolute Gasteiger partial charge is 0.345 e. The van der Waals surface area contributed by atoms with Gasteiger partial charge in [0, 0.05) is 43.7 Å². The van der Waals surface area contributed by atoms with Crippen LogP contribution in [-0.2, 0) is 17.6 Å². The highest BCUT2D eigenvalue weighted by Gasteiger charge is 2.18. The van der Waals surface area contributed by atoms with Gasteiger partial charge < -0.3 is 14.9 Å². The molecule has 2 aromatic rings. The Morgan fingerprint density at radius 3 is 2.38 bits per heavy atom. The average Bonchev–Trinajstić information content (AvgIpc) is 3.10. The van der Waals surface area contributed by atoms with Crippen LogP contribution < -0.4 is 4.90 Å². The molecule has 0 spiro atoms. The second kappa shape index (κ2) is 9.00. The summed E-state index contributed by atoms with van der Waals surface area (Å²) in [6.45, 7) is 4.77. The van der Waals surface area contributed by atoms with E-state index >= 15 is 0 Å². The summed E-state index contributed by atoms with van der Waals surface area (Å²) in [5.74, 6) is -0.739. The maximum Gasteiger partial charge on any atom is 0.345 e. The number of aryl methyl sites for hydroxylation is 2. The minimum atomic E-state index is -0.872. The predicted molar refractivity (Wildman–Crippen MR) is 105 cm³/mol. The van der Waals surface area contributed by atoms with Crippen LogP contribution in [0.4, 0.5) is 5.69 Å². The van der Waals surface area contributed by atoms with Crippen LogP contribution in [0.5, 0.6) is 0 Å². The third-order valence-corrected chi connectivity index (χ3v) is 5.53. The van der Waals surface area contributed by atoms with Crippen molar-refractivity contribution in [3.05, 3.63) is 45.9 Å². The normalized spacial score (nSPS) is 14.0. The molecule has 3 rings (SSSR count). The van der Waals surface area contributed by atoms with E-state index in [1.165, 1.54) is 11.3 Å². The summed E-state index contributed by atoms with van der Waals surface area (Å²) in [6.07, 6.45) is 3.47. The molecule has 3 heterocycles. The van der Waals surface area contributed by atoms with E-state index in [0.29, 0.717) is 4.88 Å². The molecule has 0 aliphatic carbocycles. The lowest BCUT2D eigenvalue weighted by Crippen LogP contribution is -2.48. The van der Waals surface area contributed by atoms with Crippen molar-refractivity contribution < 1.29 is 14.7 Å². The highest BCUT2D eigenvalue weighted by Crippen LogP contribution is 2.20. The highest BCUT2D eigenvalue weighted by molar-refractivity contribution is 7.13. The van der Waals surface area contributed by atoms with Gasteiger partial charge in [-0.05, 0) is 37.1 Å². The molecule has 1 saturated heterocycles. The summed E-state index contributed by atoms with van der Waals surface area (Å²) in [5, 5.41) is 8.96. The van der Waals surface area contributed by atoms with Gasteiger partial charge in [0.2, 0.25) is 5.91 Å². The molecular formula is C18H22ClN3O3S. The number of carboxylic acids is 1. The Morgan fingerprint density at radius 2 is 1.85 bits per heavy atom. The van der Waals surface area contributed by atoms with E-state index in [-0.39, 0.29) is 18.3 Å². The molecule has 6 nitrogen and oxygen atoms in total. The average molecular weight is 396 g/mol. The number of aromatic carboxylic acids is 1. The highest BCUT2D eigenvalue weighted by atomic mass is 35.5. The fraction of sp³-hybridized carbons (Fsp3) is 0.389. The number of aromatic nitrogens is 1. The Morgan fingerprint density at radius 1 is 1.12 bits per heavy atom. The van der Waals surface area contributed by atoms with Gasteiger partial charge in [-0.1, -0.05) is 0 Å². The Kier molecular flexibility index (Phi) is 6.99. The van der Waals surface area contributed by atoms with Crippen LogP contribution in [0.3, 0.4) is 0 Å². The number of anilines is 1. The fourth-order valence-electron chi connectivity index (χ4n) is 2.91. The van der Waals surface area contributed by atoms with Gasteiger partial charge in [0.1, 0.15) is 4.88 Å². The molecule has 1 amide bonds. The van der Waals surface area contributed by atoms with Crippen LogP contribution in [0.2, 0.25) is 0 Å². The third-order valence-electron chi connectivity index (χ3n) is 4.40. The molecule has 0 unspecified atom stereocenters. The summed E-state index contributed by atoms with van der Waals surface area (Å²) in [4.78, 5) is 32.4. The Bertz CT molecular complexity index is 755. The molecule has 0 aromatic carbocycles. The Balaban J connectivity index is 0.00000243. The van der Waals surface area contributed by atoms with E-state index in [1.807, 2.05) is 23.2 Å². The van der Waals surface area contributed by atoms with E-state index in [4.69, 9.17) is 5.11 Å². The SMILES string of the molecule is CC(=O)N1CCN(c2ccc(CCc3ccc(C(=O)O)s3)nc2)CC1.Cl. The standard InChI is InChI=1S/C18H21N3O3S.ClH/c1-13(22)20-8-10-21(11-9-20)15-4-2-14(19-12-15)3-5-16-6-7-17(25-16)18(23)24;/h2,4,6-7,12H,3,5,8-11H2,1H3,(H,23,24);1H. The van der Waals surface area contributed by atoms with Crippen LogP contribution in [0.1, 0.15) is 27.2 Å². The lowest BCUT2D eigenvalue weighted by atomic mass is 10.2. The number of carbonyl (C=O) groups is 2. The number of piperazine rings is 1. The first-order valence-corrected chi connectivity index (χ1v) is 9.12. The second-order valence-electron chi connectivity index (χ2n) is 6.07. The number of amides is 1. The maximum atomic E-state index is 11.4. The molecule has 0 atom stereocenters. The van der Waals surface area contributed by atoms with Gasteiger partial charge >= 0.3 is 5.97 Å². The molecular weight excluding hydrogens is 374 g/mol. The van der Waals surface area contributed by atoms with Gasteiger partial charge in [-0.3, -0.25) is 9.78 Å². The van der Waals surface area contributed by atoms with Crippen LogP contribution in [0.15, 0.2) is 30.5 Å². The number of nitrogens with zero attached hydrogens (tertiary/aromatic N) is 3. The number of hydrogen-bond acceptors (Lipinski definition) is 5. The minimum Gasteiger partial charge on any atom is -0.477 e. The zero-order valence-electron chi connectivity index (χ0n) is 14.6. The predicted octanol–water partition coefficient (Wildman–Crippen LogP) is 2.72. The van der Waals surface area contributed by atoms with Gasteiger partial charge in [-0.15, -0.1) is 23.7 Å². The maximum absolute atomic E-state index is 11.4. The monoisotopic (exact) mass is 395 g/mol. The molecule has 0 radical (unpaired) electrons. The molecule has 140 valence electrons. The minimum absolute atomic E-state index is 0. The van der Waals surface area contributed by atoms with E-state index in [9.17, 15) is 9.59 Å². The van der Waals surface area contributed by atoms with Crippen molar-refractivity contribution in [2.45, 2.75) is 19.8 Å². The van der Waals surface area contributed by atoms with Crippen molar-refractivity contribution in [2.24, 2.45) is 0 Å². The van der Waals surface area contributed by atoms with Crippen molar-refractivity contribution >= 4 is 41.3 Å². The van der Waals surface area contributed by atoms with Crippen LogP contribution in [0, 0.1) is 0 Å². The second-order valence-corrected chi connectivity index (χ2v) is 7.24.